The van der Waals surface area contributed by atoms with Gasteiger partial charge in [0.2, 0.25) is 0 Å². The molecule has 128 valence electrons. The lowest BCUT2D eigenvalue weighted by Crippen LogP contribution is -2.42. The van der Waals surface area contributed by atoms with Crippen molar-refractivity contribution in [2.24, 2.45) is 0 Å². The summed E-state index contributed by atoms with van der Waals surface area (Å²) >= 11 is 1.38. The van der Waals surface area contributed by atoms with Crippen LogP contribution in [0.5, 0.6) is 0 Å². The molecule has 2 aromatic heterocycles. The zero-order valence-corrected chi connectivity index (χ0v) is 14.5. The molecule has 25 heavy (non-hydrogen) atoms. The van der Waals surface area contributed by atoms with Crippen LogP contribution in [0.4, 0.5) is 0 Å². The molecule has 1 saturated heterocycles. The van der Waals surface area contributed by atoms with Crippen molar-refractivity contribution in [3.63, 3.8) is 0 Å². The van der Waals surface area contributed by atoms with Crippen molar-refractivity contribution in [1.29, 1.82) is 0 Å². The number of nitrogens with one attached hydrogen (secondary N) is 2. The summed E-state index contributed by atoms with van der Waals surface area (Å²) in [5.74, 6) is 0.629. The molecule has 4 rings (SSSR count). The average molecular weight is 353 g/mol. The molecule has 1 aromatic carbocycles. The summed E-state index contributed by atoms with van der Waals surface area (Å²) < 4.78 is 5.46. The Hall–Kier alpha value is -2.44. The molecule has 5 nitrogen and oxygen atoms in total. The van der Waals surface area contributed by atoms with E-state index in [-0.39, 0.29) is 11.9 Å². The lowest BCUT2D eigenvalue weighted by atomic mass is 10.1. The van der Waals surface area contributed by atoms with Crippen LogP contribution in [-0.4, -0.2) is 30.0 Å². The molecule has 1 aliphatic heterocycles. The molecule has 2 N–H and O–H groups in total. The van der Waals surface area contributed by atoms with Crippen LogP contribution < -0.4 is 10.6 Å². The molecule has 0 bridgehead atoms. The molecule has 0 atom stereocenters. The molecule has 3 heterocycles. The van der Waals surface area contributed by atoms with Gasteiger partial charge in [-0.25, -0.2) is 4.98 Å². The van der Waals surface area contributed by atoms with Crippen molar-refractivity contribution >= 4 is 17.2 Å². The fourth-order valence-corrected chi connectivity index (χ4v) is 3.95. The monoisotopic (exact) mass is 353 g/mol. The fraction of sp³-hybridized carbons (Fsp3) is 0.263. The molecule has 1 fully saturated rings. The van der Waals surface area contributed by atoms with Gasteiger partial charge < -0.3 is 15.1 Å². The minimum Gasteiger partial charge on any atom is -0.462 e. The van der Waals surface area contributed by atoms with Crippen molar-refractivity contribution in [1.82, 2.24) is 15.6 Å². The largest absolute Gasteiger partial charge is 0.462 e. The molecule has 1 amide bonds. The van der Waals surface area contributed by atoms with Gasteiger partial charge in [0.05, 0.1) is 12.0 Å². The van der Waals surface area contributed by atoms with Crippen LogP contribution in [0.25, 0.3) is 22.0 Å². The molecule has 3 aromatic rings. The lowest BCUT2D eigenvalue weighted by molar-refractivity contribution is 0.0934. The van der Waals surface area contributed by atoms with Crippen LogP contribution in [0.15, 0.2) is 53.1 Å². The number of thiazole rings is 1. The van der Waals surface area contributed by atoms with E-state index in [2.05, 4.69) is 15.6 Å². The van der Waals surface area contributed by atoms with Gasteiger partial charge in [0.1, 0.15) is 4.88 Å². The van der Waals surface area contributed by atoms with Crippen molar-refractivity contribution < 1.29 is 9.21 Å². The van der Waals surface area contributed by atoms with Gasteiger partial charge in [-0.15, -0.1) is 11.3 Å². The first-order chi connectivity index (χ1) is 12.3. The van der Waals surface area contributed by atoms with E-state index in [1.807, 2.05) is 42.5 Å². The van der Waals surface area contributed by atoms with Crippen LogP contribution in [0.3, 0.4) is 0 Å². The van der Waals surface area contributed by atoms with Crippen LogP contribution >= 0.6 is 11.3 Å². The van der Waals surface area contributed by atoms with Crippen LogP contribution in [0.1, 0.15) is 22.5 Å². The van der Waals surface area contributed by atoms with Crippen molar-refractivity contribution in [3.05, 3.63) is 53.6 Å². The van der Waals surface area contributed by atoms with E-state index < -0.39 is 0 Å². The number of hydrogen-bond acceptors (Lipinski definition) is 5. The molecule has 0 radical (unpaired) electrons. The van der Waals surface area contributed by atoms with Gasteiger partial charge in [-0.3, -0.25) is 4.79 Å². The van der Waals surface area contributed by atoms with Crippen molar-refractivity contribution in [2.75, 3.05) is 13.1 Å². The maximum absolute atomic E-state index is 12.9. The second-order valence-electron chi connectivity index (χ2n) is 6.04. The number of amides is 1. The summed E-state index contributed by atoms with van der Waals surface area (Å²) in [5, 5.41) is 7.20. The third-order valence-electron chi connectivity index (χ3n) is 4.29. The van der Waals surface area contributed by atoms with Gasteiger partial charge in [-0.05, 0) is 38.1 Å². The maximum Gasteiger partial charge on any atom is 0.263 e. The number of carbonyl (C=O) groups excluding carboxylic acids is 1. The third kappa shape index (κ3) is 3.50. The van der Waals surface area contributed by atoms with E-state index in [1.165, 1.54) is 11.3 Å². The molecule has 0 aliphatic carbocycles. The predicted octanol–water partition coefficient (Wildman–Crippen LogP) is 3.55. The smallest absolute Gasteiger partial charge is 0.263 e. The van der Waals surface area contributed by atoms with E-state index in [0.717, 1.165) is 36.5 Å². The quantitative estimate of drug-likeness (QED) is 0.753. The Labute approximate surface area is 150 Å². The standard InChI is InChI=1S/C19H19N3O2S/c23-18(21-14-8-10-20-11-9-14)17-16(13-5-2-1-3-6-13)22-19(25-17)15-7-4-12-24-15/h1-7,12,14,20H,8-11H2,(H,21,23). The lowest BCUT2D eigenvalue weighted by Gasteiger charge is -2.23. The summed E-state index contributed by atoms with van der Waals surface area (Å²) in [6.07, 6.45) is 3.53. The molecule has 0 saturated carbocycles. The van der Waals surface area contributed by atoms with Crippen LogP contribution in [-0.2, 0) is 0 Å². The third-order valence-corrected chi connectivity index (χ3v) is 5.36. The highest BCUT2D eigenvalue weighted by Crippen LogP contribution is 2.34. The predicted molar refractivity (Wildman–Crippen MR) is 98.6 cm³/mol. The van der Waals surface area contributed by atoms with Gasteiger partial charge in [0.15, 0.2) is 10.8 Å². The maximum atomic E-state index is 12.9. The summed E-state index contributed by atoms with van der Waals surface area (Å²) in [6, 6.07) is 13.7. The first kappa shape index (κ1) is 16.1. The summed E-state index contributed by atoms with van der Waals surface area (Å²) in [7, 11) is 0. The van der Waals surface area contributed by atoms with Gasteiger partial charge in [-0.2, -0.15) is 0 Å². The summed E-state index contributed by atoms with van der Waals surface area (Å²) in [6.45, 7) is 1.88. The zero-order valence-electron chi connectivity index (χ0n) is 13.7. The molecular formula is C19H19N3O2S. The Bertz CT molecular complexity index is 837. The number of carbonyl (C=O) groups is 1. The number of rotatable bonds is 4. The van der Waals surface area contributed by atoms with Crippen molar-refractivity contribution in [2.45, 2.75) is 18.9 Å². The number of aromatic nitrogens is 1. The number of nitrogens with zero attached hydrogens (tertiary/aromatic N) is 1. The van der Waals surface area contributed by atoms with E-state index >= 15 is 0 Å². The van der Waals surface area contributed by atoms with Crippen molar-refractivity contribution in [3.8, 4) is 22.0 Å². The summed E-state index contributed by atoms with van der Waals surface area (Å²) in [5.41, 5.74) is 1.65. The Morgan fingerprint density at radius 3 is 2.68 bits per heavy atom. The molecule has 1 aliphatic rings. The highest BCUT2D eigenvalue weighted by molar-refractivity contribution is 7.17. The first-order valence-corrected chi connectivity index (χ1v) is 9.24. The molecule has 6 heteroatoms. The Balaban J connectivity index is 1.68. The topological polar surface area (TPSA) is 67.2 Å². The minimum absolute atomic E-state index is 0.0546. The SMILES string of the molecule is O=C(NC1CCNCC1)c1sc(-c2ccco2)nc1-c1ccccc1. The second-order valence-corrected chi connectivity index (χ2v) is 7.04. The van der Waals surface area contributed by atoms with E-state index in [0.29, 0.717) is 16.3 Å². The van der Waals surface area contributed by atoms with Crippen LogP contribution in [0, 0.1) is 0 Å². The zero-order chi connectivity index (χ0) is 17.1. The van der Waals surface area contributed by atoms with E-state index in [9.17, 15) is 4.79 Å². The van der Waals surface area contributed by atoms with Crippen LogP contribution in [0.2, 0.25) is 0 Å². The van der Waals surface area contributed by atoms with Gasteiger partial charge in [-0.1, -0.05) is 30.3 Å². The Kier molecular flexibility index (Phi) is 4.63. The number of piperidine rings is 1. The highest BCUT2D eigenvalue weighted by Gasteiger charge is 2.23. The van der Waals surface area contributed by atoms with Gasteiger partial charge in [0, 0.05) is 11.6 Å². The Morgan fingerprint density at radius 1 is 1.16 bits per heavy atom. The van der Waals surface area contributed by atoms with E-state index in [1.54, 1.807) is 6.26 Å². The first-order valence-electron chi connectivity index (χ1n) is 8.43. The Morgan fingerprint density at radius 2 is 1.96 bits per heavy atom. The fourth-order valence-electron chi connectivity index (χ4n) is 2.99. The number of furan rings is 1. The minimum atomic E-state index is -0.0546. The molecular weight excluding hydrogens is 334 g/mol. The number of hydrogen-bond donors (Lipinski definition) is 2. The summed E-state index contributed by atoms with van der Waals surface area (Å²) in [4.78, 5) is 18.2. The normalized spacial score (nSPS) is 15.2. The number of benzene rings is 1. The van der Waals surface area contributed by atoms with Gasteiger partial charge >= 0.3 is 0 Å². The second kappa shape index (κ2) is 7.21. The van der Waals surface area contributed by atoms with Gasteiger partial charge in [0.25, 0.3) is 5.91 Å². The average Bonchev–Trinajstić information content (AvgIpc) is 3.33. The molecule has 0 unspecified atom stereocenters. The van der Waals surface area contributed by atoms with E-state index in [4.69, 9.17) is 4.42 Å². The highest BCUT2D eigenvalue weighted by atomic mass is 32.1. The molecule has 0 spiro atoms.